The van der Waals surface area contributed by atoms with Gasteiger partial charge in [0.05, 0.1) is 18.1 Å². The molecule has 1 atom stereocenters. The Morgan fingerprint density at radius 1 is 1.14 bits per heavy atom. The van der Waals surface area contributed by atoms with Gasteiger partial charge in [0.15, 0.2) is 12.4 Å². The largest absolute Gasteiger partial charge is 0.379 e. The standard InChI is InChI=1S/C20H25N3O4S/c1-3-17-8-10-22(11-9-17)16(2)20(24)21-18-4-6-19(7-5-18)28(25,26)23-12-14-27-15-13-23/h4-11,16H,3,12-15H2,1-2H3/p+1/t16-/m1/s1. The van der Waals surface area contributed by atoms with Crippen molar-refractivity contribution in [2.24, 2.45) is 0 Å². The lowest BCUT2D eigenvalue weighted by molar-refractivity contribution is -0.705. The Balaban J connectivity index is 1.66. The highest BCUT2D eigenvalue weighted by atomic mass is 32.2. The minimum atomic E-state index is -3.54. The summed E-state index contributed by atoms with van der Waals surface area (Å²) in [6.45, 7) is 5.42. The van der Waals surface area contributed by atoms with Crippen LogP contribution < -0.4 is 9.88 Å². The van der Waals surface area contributed by atoms with Gasteiger partial charge in [-0.25, -0.2) is 8.42 Å². The Morgan fingerprint density at radius 3 is 2.32 bits per heavy atom. The van der Waals surface area contributed by atoms with Crippen LogP contribution in [-0.4, -0.2) is 44.9 Å². The lowest BCUT2D eigenvalue weighted by Gasteiger charge is -2.26. The fourth-order valence-corrected chi connectivity index (χ4v) is 4.40. The number of hydrogen-bond donors (Lipinski definition) is 1. The molecular weight excluding hydrogens is 378 g/mol. The SMILES string of the molecule is CCc1cc[n+]([C@H](C)C(=O)Nc2ccc(S(=O)(=O)N3CCOCC3)cc2)cc1. The lowest BCUT2D eigenvalue weighted by atomic mass is 10.2. The van der Waals surface area contributed by atoms with Crippen molar-refractivity contribution < 1.29 is 22.5 Å². The number of aromatic nitrogens is 1. The van der Waals surface area contributed by atoms with Gasteiger partial charge in [-0.15, -0.1) is 0 Å². The van der Waals surface area contributed by atoms with Crippen LogP contribution in [0.5, 0.6) is 0 Å². The molecule has 1 saturated heterocycles. The van der Waals surface area contributed by atoms with Crippen molar-refractivity contribution in [3.63, 3.8) is 0 Å². The molecule has 2 aromatic rings. The zero-order chi connectivity index (χ0) is 20.1. The molecule has 1 fully saturated rings. The van der Waals surface area contributed by atoms with E-state index < -0.39 is 10.0 Å². The normalized spacial score (nSPS) is 16.5. The van der Waals surface area contributed by atoms with Gasteiger partial charge in [0.25, 0.3) is 5.91 Å². The number of carbonyl (C=O) groups excluding carboxylic acids is 1. The second-order valence-electron chi connectivity index (χ2n) is 6.71. The van der Waals surface area contributed by atoms with Gasteiger partial charge in [-0.3, -0.25) is 4.79 Å². The molecular formula is C20H26N3O4S+. The highest BCUT2D eigenvalue weighted by Gasteiger charge is 2.26. The van der Waals surface area contributed by atoms with Crippen LogP contribution in [0.2, 0.25) is 0 Å². The first-order valence-electron chi connectivity index (χ1n) is 9.40. The molecule has 28 heavy (non-hydrogen) atoms. The number of nitrogens with one attached hydrogen (secondary N) is 1. The van der Waals surface area contributed by atoms with E-state index in [0.29, 0.717) is 32.0 Å². The molecule has 0 radical (unpaired) electrons. The molecule has 150 valence electrons. The molecule has 0 unspecified atom stereocenters. The average Bonchev–Trinajstić information content (AvgIpc) is 2.74. The van der Waals surface area contributed by atoms with Gasteiger partial charge in [-0.1, -0.05) is 6.92 Å². The second-order valence-corrected chi connectivity index (χ2v) is 8.65. The van der Waals surface area contributed by atoms with E-state index in [9.17, 15) is 13.2 Å². The van der Waals surface area contributed by atoms with Gasteiger partial charge in [0.1, 0.15) is 0 Å². The first-order valence-corrected chi connectivity index (χ1v) is 10.8. The van der Waals surface area contributed by atoms with E-state index in [-0.39, 0.29) is 16.8 Å². The zero-order valence-corrected chi connectivity index (χ0v) is 17.0. The van der Waals surface area contributed by atoms with Crippen LogP contribution in [0.25, 0.3) is 0 Å². The van der Waals surface area contributed by atoms with Crippen LogP contribution >= 0.6 is 0 Å². The number of anilines is 1. The quantitative estimate of drug-likeness (QED) is 0.744. The molecule has 1 aromatic carbocycles. The summed E-state index contributed by atoms with van der Waals surface area (Å²) < 4.78 is 33.8. The van der Waals surface area contributed by atoms with Crippen LogP contribution in [0, 0.1) is 0 Å². The van der Waals surface area contributed by atoms with E-state index in [2.05, 4.69) is 12.2 Å². The van der Waals surface area contributed by atoms with Crippen molar-refractivity contribution in [3.8, 4) is 0 Å². The number of rotatable bonds is 6. The molecule has 0 bridgehead atoms. The molecule has 0 spiro atoms. The molecule has 0 aliphatic carbocycles. The number of aryl methyl sites for hydroxylation is 1. The summed E-state index contributed by atoms with van der Waals surface area (Å²) in [7, 11) is -3.54. The Labute approximate surface area is 166 Å². The second kappa shape index (κ2) is 8.81. The van der Waals surface area contributed by atoms with Crippen LogP contribution in [0.1, 0.15) is 25.5 Å². The minimum Gasteiger partial charge on any atom is -0.379 e. The maximum atomic E-state index is 12.6. The molecule has 1 aliphatic rings. The monoisotopic (exact) mass is 404 g/mol. The highest BCUT2D eigenvalue weighted by Crippen LogP contribution is 2.19. The maximum Gasteiger partial charge on any atom is 0.293 e. The van der Waals surface area contributed by atoms with E-state index in [1.54, 1.807) is 12.1 Å². The Morgan fingerprint density at radius 2 is 1.75 bits per heavy atom. The summed E-state index contributed by atoms with van der Waals surface area (Å²) in [5.74, 6) is -0.168. The van der Waals surface area contributed by atoms with E-state index in [4.69, 9.17) is 4.74 Å². The molecule has 1 N–H and O–H groups in total. The third-order valence-electron chi connectivity index (χ3n) is 4.89. The first kappa shape index (κ1) is 20.4. The van der Waals surface area contributed by atoms with Crippen molar-refractivity contribution in [2.45, 2.75) is 31.2 Å². The van der Waals surface area contributed by atoms with Crippen LogP contribution in [0.4, 0.5) is 5.69 Å². The van der Waals surface area contributed by atoms with Crippen molar-refractivity contribution in [2.75, 3.05) is 31.6 Å². The van der Waals surface area contributed by atoms with E-state index >= 15 is 0 Å². The third kappa shape index (κ3) is 4.57. The highest BCUT2D eigenvalue weighted by molar-refractivity contribution is 7.89. The lowest BCUT2D eigenvalue weighted by Crippen LogP contribution is -2.44. The van der Waals surface area contributed by atoms with E-state index in [1.165, 1.54) is 22.0 Å². The summed E-state index contributed by atoms with van der Waals surface area (Å²) in [5.41, 5.74) is 1.77. The van der Waals surface area contributed by atoms with Crippen molar-refractivity contribution in [1.29, 1.82) is 0 Å². The number of pyridine rings is 1. The topological polar surface area (TPSA) is 79.6 Å². The van der Waals surface area contributed by atoms with Gasteiger partial charge in [-0.05, 0) is 36.2 Å². The number of amides is 1. The molecule has 1 aromatic heterocycles. The molecule has 7 nitrogen and oxygen atoms in total. The summed E-state index contributed by atoms with van der Waals surface area (Å²) >= 11 is 0. The van der Waals surface area contributed by atoms with Gasteiger partial charge in [-0.2, -0.15) is 8.87 Å². The van der Waals surface area contributed by atoms with Gasteiger partial charge < -0.3 is 10.1 Å². The van der Waals surface area contributed by atoms with Crippen LogP contribution in [-0.2, 0) is 26.0 Å². The van der Waals surface area contributed by atoms with Crippen molar-refractivity contribution in [1.82, 2.24) is 4.31 Å². The van der Waals surface area contributed by atoms with Gasteiger partial charge >= 0.3 is 0 Å². The Hall–Kier alpha value is -2.29. The predicted molar refractivity (Wildman–Crippen MR) is 105 cm³/mol. The summed E-state index contributed by atoms with van der Waals surface area (Å²) in [4.78, 5) is 12.7. The number of sulfonamides is 1. The fourth-order valence-electron chi connectivity index (χ4n) is 2.99. The number of nitrogens with zero attached hydrogens (tertiary/aromatic N) is 2. The number of carbonyl (C=O) groups is 1. The number of morpholine rings is 1. The Bertz CT molecular complexity index is 905. The molecule has 1 aliphatic heterocycles. The summed E-state index contributed by atoms with van der Waals surface area (Å²) in [5, 5.41) is 2.84. The Kier molecular flexibility index (Phi) is 6.43. The molecule has 2 heterocycles. The molecule has 0 saturated carbocycles. The van der Waals surface area contributed by atoms with Gasteiger partial charge in [0.2, 0.25) is 16.1 Å². The van der Waals surface area contributed by atoms with E-state index in [1.807, 2.05) is 36.0 Å². The number of hydrogen-bond acceptors (Lipinski definition) is 4. The zero-order valence-electron chi connectivity index (χ0n) is 16.2. The predicted octanol–water partition coefficient (Wildman–Crippen LogP) is 1.76. The molecule has 8 heteroatoms. The molecule has 1 amide bonds. The maximum absolute atomic E-state index is 12.6. The van der Waals surface area contributed by atoms with Crippen LogP contribution in [0.15, 0.2) is 53.7 Å². The number of benzene rings is 1. The average molecular weight is 405 g/mol. The van der Waals surface area contributed by atoms with Crippen molar-refractivity contribution >= 4 is 21.6 Å². The van der Waals surface area contributed by atoms with Crippen LogP contribution in [0.3, 0.4) is 0 Å². The first-order chi connectivity index (χ1) is 13.4. The molecule has 3 rings (SSSR count). The third-order valence-corrected chi connectivity index (χ3v) is 6.80. The smallest absolute Gasteiger partial charge is 0.293 e. The fraction of sp³-hybridized carbons (Fsp3) is 0.400. The summed E-state index contributed by atoms with van der Waals surface area (Å²) in [6, 6.07) is 9.88. The van der Waals surface area contributed by atoms with E-state index in [0.717, 1.165) is 6.42 Å². The minimum absolute atomic E-state index is 0.168. The summed E-state index contributed by atoms with van der Waals surface area (Å²) in [6.07, 6.45) is 4.73. The van der Waals surface area contributed by atoms with Crippen molar-refractivity contribution in [3.05, 3.63) is 54.4 Å². The number of ether oxygens (including phenoxy) is 1. The van der Waals surface area contributed by atoms with Gasteiger partial charge in [0, 0.05) is 37.8 Å².